The summed E-state index contributed by atoms with van der Waals surface area (Å²) in [5.74, 6) is 0. The van der Waals surface area contributed by atoms with Crippen LogP contribution in [0.25, 0.3) is 16.9 Å². The number of fused-ring (bicyclic) bond motifs is 1. The highest BCUT2D eigenvalue weighted by molar-refractivity contribution is 9.10. The van der Waals surface area contributed by atoms with Gasteiger partial charge in [-0.25, -0.2) is 4.98 Å². The average Bonchev–Trinajstić information content (AvgIpc) is 2.73. The summed E-state index contributed by atoms with van der Waals surface area (Å²) in [6, 6.07) is 10.4. The molecular formula is C15H13BrN2. The minimum Gasteiger partial charge on any atom is -0.305 e. The summed E-state index contributed by atoms with van der Waals surface area (Å²) < 4.78 is 3.14. The van der Waals surface area contributed by atoms with Gasteiger partial charge in [-0.2, -0.15) is 0 Å². The van der Waals surface area contributed by atoms with Gasteiger partial charge in [0.25, 0.3) is 0 Å². The fourth-order valence-corrected chi connectivity index (χ4v) is 2.78. The lowest BCUT2D eigenvalue weighted by Crippen LogP contribution is -1.86. The van der Waals surface area contributed by atoms with Crippen molar-refractivity contribution < 1.29 is 0 Å². The van der Waals surface area contributed by atoms with Gasteiger partial charge in [-0.05, 0) is 47.0 Å². The highest BCUT2D eigenvalue weighted by Gasteiger charge is 2.08. The number of benzene rings is 1. The molecule has 0 spiro atoms. The molecule has 0 aliphatic carbocycles. The maximum absolute atomic E-state index is 4.73. The van der Waals surface area contributed by atoms with E-state index in [-0.39, 0.29) is 0 Å². The summed E-state index contributed by atoms with van der Waals surface area (Å²) in [4.78, 5) is 4.73. The molecule has 0 aliphatic heterocycles. The Morgan fingerprint density at radius 1 is 1.06 bits per heavy atom. The molecule has 3 rings (SSSR count). The molecule has 3 aromatic rings. The molecule has 0 atom stereocenters. The second kappa shape index (κ2) is 4.25. The molecule has 90 valence electrons. The average molecular weight is 301 g/mol. The second-order valence-electron chi connectivity index (χ2n) is 4.51. The fourth-order valence-electron chi connectivity index (χ4n) is 2.22. The van der Waals surface area contributed by atoms with Gasteiger partial charge >= 0.3 is 0 Å². The third-order valence-electron chi connectivity index (χ3n) is 3.12. The number of hydrogen-bond acceptors (Lipinski definition) is 1. The van der Waals surface area contributed by atoms with Gasteiger partial charge in [-0.1, -0.05) is 24.3 Å². The summed E-state index contributed by atoms with van der Waals surface area (Å²) in [5, 5.41) is 0. The van der Waals surface area contributed by atoms with Crippen LogP contribution >= 0.6 is 15.9 Å². The standard InChI is InChI=1S/C15H13BrN2/c1-10-5-3-4-6-13(10)14-9-18-8-12(16)7-11(2)15(18)17-14/h3-9H,1-2H3. The Morgan fingerprint density at radius 2 is 1.83 bits per heavy atom. The molecule has 3 heteroatoms. The van der Waals surface area contributed by atoms with Crippen molar-refractivity contribution in [3.63, 3.8) is 0 Å². The Kier molecular flexibility index (Phi) is 2.71. The van der Waals surface area contributed by atoms with Gasteiger partial charge in [-0.15, -0.1) is 0 Å². The zero-order chi connectivity index (χ0) is 12.7. The van der Waals surface area contributed by atoms with Crippen molar-refractivity contribution in [2.45, 2.75) is 13.8 Å². The van der Waals surface area contributed by atoms with Crippen LogP contribution in [-0.4, -0.2) is 9.38 Å². The van der Waals surface area contributed by atoms with E-state index >= 15 is 0 Å². The van der Waals surface area contributed by atoms with Crippen LogP contribution in [0.1, 0.15) is 11.1 Å². The Bertz CT molecular complexity index is 728. The Hall–Kier alpha value is -1.61. The third kappa shape index (κ3) is 1.85. The molecule has 0 saturated heterocycles. The predicted octanol–water partition coefficient (Wildman–Crippen LogP) is 4.38. The molecule has 18 heavy (non-hydrogen) atoms. The largest absolute Gasteiger partial charge is 0.305 e. The van der Waals surface area contributed by atoms with Crippen LogP contribution in [0.5, 0.6) is 0 Å². The summed E-state index contributed by atoms with van der Waals surface area (Å²) in [5.41, 5.74) is 5.64. The first kappa shape index (κ1) is 11.5. The minimum absolute atomic E-state index is 1.01. The maximum atomic E-state index is 4.73. The number of halogens is 1. The van der Waals surface area contributed by atoms with Crippen LogP contribution in [0.3, 0.4) is 0 Å². The van der Waals surface area contributed by atoms with Crippen molar-refractivity contribution in [2.24, 2.45) is 0 Å². The van der Waals surface area contributed by atoms with Crippen LogP contribution in [-0.2, 0) is 0 Å². The molecule has 2 heterocycles. The number of imidazole rings is 1. The molecule has 2 aromatic heterocycles. The van der Waals surface area contributed by atoms with E-state index in [2.05, 4.69) is 70.7 Å². The highest BCUT2D eigenvalue weighted by Crippen LogP contribution is 2.25. The van der Waals surface area contributed by atoms with E-state index in [0.717, 1.165) is 15.8 Å². The lowest BCUT2D eigenvalue weighted by molar-refractivity contribution is 1.15. The van der Waals surface area contributed by atoms with E-state index in [9.17, 15) is 0 Å². The molecule has 0 bridgehead atoms. The zero-order valence-electron chi connectivity index (χ0n) is 10.3. The van der Waals surface area contributed by atoms with E-state index in [1.165, 1.54) is 16.7 Å². The van der Waals surface area contributed by atoms with Crippen LogP contribution in [0, 0.1) is 13.8 Å². The number of pyridine rings is 1. The first-order valence-corrected chi connectivity index (χ1v) is 6.65. The van der Waals surface area contributed by atoms with Crippen LogP contribution in [0.4, 0.5) is 0 Å². The molecular weight excluding hydrogens is 288 g/mol. The van der Waals surface area contributed by atoms with E-state index in [0.29, 0.717) is 0 Å². The number of aryl methyl sites for hydroxylation is 2. The number of nitrogens with zero attached hydrogens (tertiary/aromatic N) is 2. The minimum atomic E-state index is 1.01. The molecule has 1 aromatic carbocycles. The van der Waals surface area contributed by atoms with E-state index in [4.69, 9.17) is 4.98 Å². The van der Waals surface area contributed by atoms with Gasteiger partial charge in [0.15, 0.2) is 0 Å². The first-order valence-electron chi connectivity index (χ1n) is 5.86. The zero-order valence-corrected chi connectivity index (χ0v) is 11.9. The highest BCUT2D eigenvalue weighted by atomic mass is 79.9. The van der Waals surface area contributed by atoms with Gasteiger partial charge in [0, 0.05) is 22.4 Å². The lowest BCUT2D eigenvalue weighted by Gasteiger charge is -1.99. The normalized spacial score (nSPS) is 11.1. The van der Waals surface area contributed by atoms with Crippen LogP contribution < -0.4 is 0 Å². The molecule has 2 nitrogen and oxygen atoms in total. The molecule has 0 aliphatic rings. The van der Waals surface area contributed by atoms with E-state index < -0.39 is 0 Å². The Morgan fingerprint density at radius 3 is 2.61 bits per heavy atom. The summed E-state index contributed by atoms with van der Waals surface area (Å²) >= 11 is 3.51. The number of hydrogen-bond donors (Lipinski definition) is 0. The molecule has 0 radical (unpaired) electrons. The summed E-state index contributed by atoms with van der Waals surface area (Å²) in [6.45, 7) is 4.19. The van der Waals surface area contributed by atoms with E-state index in [1.807, 2.05) is 6.20 Å². The topological polar surface area (TPSA) is 17.3 Å². The molecule has 0 unspecified atom stereocenters. The van der Waals surface area contributed by atoms with Crippen molar-refractivity contribution in [1.29, 1.82) is 0 Å². The first-order chi connectivity index (χ1) is 8.65. The summed E-state index contributed by atoms with van der Waals surface area (Å²) in [6.07, 6.45) is 4.12. The lowest BCUT2D eigenvalue weighted by atomic mass is 10.1. The number of aromatic nitrogens is 2. The quantitative estimate of drug-likeness (QED) is 0.652. The molecule has 0 saturated carbocycles. The number of rotatable bonds is 1. The van der Waals surface area contributed by atoms with Crippen molar-refractivity contribution >= 4 is 21.6 Å². The molecule has 0 N–H and O–H groups in total. The van der Waals surface area contributed by atoms with E-state index in [1.54, 1.807) is 0 Å². The van der Waals surface area contributed by atoms with Crippen molar-refractivity contribution in [3.05, 3.63) is 58.3 Å². The SMILES string of the molecule is Cc1ccccc1-c1cn2cc(Br)cc(C)c2n1. The van der Waals surface area contributed by atoms with Gasteiger partial charge in [-0.3, -0.25) is 0 Å². The molecule has 0 amide bonds. The van der Waals surface area contributed by atoms with Crippen LogP contribution in [0.15, 0.2) is 47.2 Å². The van der Waals surface area contributed by atoms with Crippen molar-refractivity contribution in [1.82, 2.24) is 9.38 Å². The predicted molar refractivity (Wildman–Crippen MR) is 77.8 cm³/mol. The van der Waals surface area contributed by atoms with Gasteiger partial charge in [0.2, 0.25) is 0 Å². The van der Waals surface area contributed by atoms with Gasteiger partial charge in [0.1, 0.15) is 5.65 Å². The van der Waals surface area contributed by atoms with Crippen molar-refractivity contribution in [3.8, 4) is 11.3 Å². The van der Waals surface area contributed by atoms with Gasteiger partial charge < -0.3 is 4.40 Å². The Labute approximate surface area is 114 Å². The molecule has 0 fully saturated rings. The van der Waals surface area contributed by atoms with Gasteiger partial charge in [0.05, 0.1) is 5.69 Å². The summed E-state index contributed by atoms with van der Waals surface area (Å²) in [7, 11) is 0. The third-order valence-corrected chi connectivity index (χ3v) is 3.56. The van der Waals surface area contributed by atoms with Crippen molar-refractivity contribution in [2.75, 3.05) is 0 Å². The smallest absolute Gasteiger partial charge is 0.140 e. The fraction of sp³-hybridized carbons (Fsp3) is 0.133. The maximum Gasteiger partial charge on any atom is 0.140 e. The second-order valence-corrected chi connectivity index (χ2v) is 5.43. The van der Waals surface area contributed by atoms with Crippen LogP contribution in [0.2, 0.25) is 0 Å². The Balaban J connectivity index is 2.26. The monoisotopic (exact) mass is 300 g/mol.